The van der Waals surface area contributed by atoms with Gasteiger partial charge in [-0.1, -0.05) is 12.2 Å². The van der Waals surface area contributed by atoms with E-state index in [0.29, 0.717) is 0 Å². The smallest absolute Gasteiger partial charge is 0.239 e. The molecule has 1 aromatic rings. The van der Waals surface area contributed by atoms with Crippen LogP contribution in [-0.4, -0.2) is 25.2 Å². The van der Waals surface area contributed by atoms with Gasteiger partial charge in [-0.25, -0.2) is 0 Å². The van der Waals surface area contributed by atoms with Crippen LogP contribution < -0.4 is 0 Å². The highest BCUT2D eigenvalue weighted by Crippen LogP contribution is 2.39. The monoisotopic (exact) mass is 199 g/mol. The van der Waals surface area contributed by atoms with Crippen LogP contribution in [0.5, 0.6) is 0 Å². The van der Waals surface area contributed by atoms with Gasteiger partial charge in [0.1, 0.15) is 0 Å². The van der Waals surface area contributed by atoms with Gasteiger partial charge in [0.25, 0.3) is 0 Å². The molecule has 0 radical (unpaired) electrons. The van der Waals surface area contributed by atoms with Crippen molar-refractivity contribution in [3.05, 3.63) is 12.4 Å². The largest absolute Gasteiger partial charge is 0.338 e. The summed E-state index contributed by atoms with van der Waals surface area (Å²) in [6.45, 7) is 0. The Morgan fingerprint density at radius 2 is 1.70 bits per heavy atom. The molecule has 0 aliphatic heterocycles. The van der Waals surface area contributed by atoms with Crippen LogP contribution in [0.2, 0.25) is 0 Å². The SMILES string of the molecule is OP(O)(=S)S.c1cn[nH]n1. The standard InChI is InChI=1S/C2H3N3.H3O2PS2/c1-2-4-5-3-1;1-3(2,4)5/h1-2H,(H,3,4,5);(H3,1,2,4,5). The summed E-state index contributed by atoms with van der Waals surface area (Å²) in [7, 11) is 0. The molecule has 5 nitrogen and oxygen atoms in total. The topological polar surface area (TPSA) is 82.0 Å². The van der Waals surface area contributed by atoms with Crippen molar-refractivity contribution in [2.75, 3.05) is 0 Å². The first-order valence-electron chi connectivity index (χ1n) is 2.08. The maximum atomic E-state index is 7.87. The van der Waals surface area contributed by atoms with E-state index in [-0.39, 0.29) is 0 Å². The van der Waals surface area contributed by atoms with Gasteiger partial charge in [0, 0.05) is 0 Å². The number of nitrogens with one attached hydrogen (secondary N) is 1. The lowest BCUT2D eigenvalue weighted by Crippen LogP contribution is -1.61. The molecule has 0 aromatic carbocycles. The van der Waals surface area contributed by atoms with Crippen LogP contribution in [0.4, 0.5) is 0 Å². The Bertz CT molecular complexity index is 171. The molecule has 1 rings (SSSR count). The summed E-state index contributed by atoms with van der Waals surface area (Å²) in [5, 5.41) is 9.33. The minimum atomic E-state index is -3.11. The average molecular weight is 199 g/mol. The lowest BCUT2D eigenvalue weighted by molar-refractivity contribution is 0.503. The van der Waals surface area contributed by atoms with Crippen LogP contribution in [0.25, 0.3) is 0 Å². The van der Waals surface area contributed by atoms with Gasteiger partial charge < -0.3 is 9.79 Å². The summed E-state index contributed by atoms with van der Waals surface area (Å²) >= 11 is 7.07. The van der Waals surface area contributed by atoms with Gasteiger partial charge in [0.05, 0.1) is 12.4 Å². The Labute approximate surface area is 67.8 Å². The Morgan fingerprint density at radius 1 is 1.40 bits per heavy atom. The molecule has 1 heterocycles. The van der Waals surface area contributed by atoms with E-state index in [1.165, 1.54) is 0 Å². The first-order valence-corrected chi connectivity index (χ1v) is 5.94. The number of hydrogen-bond donors (Lipinski definition) is 4. The lowest BCUT2D eigenvalue weighted by atomic mass is 11.0. The maximum Gasteiger partial charge on any atom is 0.239 e. The van der Waals surface area contributed by atoms with Gasteiger partial charge in [-0.3, -0.25) is 0 Å². The zero-order valence-corrected chi connectivity index (χ0v) is 7.35. The molecule has 0 saturated carbocycles. The van der Waals surface area contributed by atoms with Gasteiger partial charge in [0.2, 0.25) is 5.69 Å². The molecule has 0 spiro atoms. The molecule has 1 aromatic heterocycles. The van der Waals surface area contributed by atoms with Crippen molar-refractivity contribution in [1.82, 2.24) is 15.4 Å². The third-order valence-corrected chi connectivity index (χ3v) is 0.331. The molecule has 10 heavy (non-hydrogen) atoms. The number of H-pyrrole nitrogens is 1. The minimum Gasteiger partial charge on any atom is -0.338 e. The summed E-state index contributed by atoms with van der Waals surface area (Å²) in [6, 6.07) is 0. The van der Waals surface area contributed by atoms with E-state index in [1.54, 1.807) is 12.4 Å². The van der Waals surface area contributed by atoms with Crippen molar-refractivity contribution in [2.45, 2.75) is 0 Å². The number of rotatable bonds is 0. The summed E-state index contributed by atoms with van der Waals surface area (Å²) in [5.74, 6) is 0. The fraction of sp³-hybridized carbons (Fsp3) is 0. The van der Waals surface area contributed by atoms with E-state index in [2.05, 4.69) is 39.5 Å². The molecule has 58 valence electrons. The summed E-state index contributed by atoms with van der Waals surface area (Å²) in [5.41, 5.74) is -3.11. The molecule has 0 unspecified atom stereocenters. The van der Waals surface area contributed by atoms with E-state index in [9.17, 15) is 0 Å². The molecule has 0 fully saturated rings. The molecule has 0 bridgehead atoms. The highest BCUT2D eigenvalue weighted by Gasteiger charge is 1.90. The van der Waals surface area contributed by atoms with Gasteiger partial charge in [0.15, 0.2) is 0 Å². The predicted octanol–water partition coefficient (Wildman–Crippen LogP) is -0.0700. The molecule has 0 amide bonds. The van der Waals surface area contributed by atoms with Gasteiger partial charge in [-0.2, -0.15) is 15.4 Å². The second kappa shape index (κ2) is 4.81. The molecule has 0 atom stereocenters. The molecular formula is C2H6N3O2PS2. The Kier molecular flexibility index (Phi) is 4.84. The number of aromatic nitrogens is 3. The van der Waals surface area contributed by atoms with Crippen molar-refractivity contribution in [2.24, 2.45) is 0 Å². The summed E-state index contributed by atoms with van der Waals surface area (Å²) < 4.78 is 0. The van der Waals surface area contributed by atoms with Crippen LogP contribution in [0, 0.1) is 0 Å². The van der Waals surface area contributed by atoms with E-state index in [4.69, 9.17) is 9.79 Å². The number of hydrogen-bond acceptors (Lipinski definition) is 3. The lowest BCUT2D eigenvalue weighted by Gasteiger charge is -1.88. The Balaban J connectivity index is 0.000000162. The molecule has 0 aliphatic rings. The van der Waals surface area contributed by atoms with Gasteiger partial charge in [-0.15, -0.1) is 0 Å². The van der Waals surface area contributed by atoms with Gasteiger partial charge in [-0.05, 0) is 11.8 Å². The van der Waals surface area contributed by atoms with E-state index < -0.39 is 5.69 Å². The van der Waals surface area contributed by atoms with Crippen molar-refractivity contribution in [3.8, 4) is 0 Å². The van der Waals surface area contributed by atoms with E-state index in [0.717, 1.165) is 0 Å². The Morgan fingerprint density at radius 3 is 1.80 bits per heavy atom. The quantitative estimate of drug-likeness (QED) is 0.347. The van der Waals surface area contributed by atoms with Crippen molar-refractivity contribution < 1.29 is 9.79 Å². The maximum absolute atomic E-state index is 7.87. The van der Waals surface area contributed by atoms with Crippen LogP contribution in [0.3, 0.4) is 0 Å². The Hall–Kier alpha value is 0.0600. The molecule has 8 heteroatoms. The van der Waals surface area contributed by atoms with Gasteiger partial charge >= 0.3 is 0 Å². The van der Waals surface area contributed by atoms with Crippen LogP contribution in [0.1, 0.15) is 0 Å². The normalized spacial score (nSPS) is 9.90. The number of thiol groups is 1. The summed E-state index contributed by atoms with van der Waals surface area (Å²) in [6.07, 6.45) is 3.17. The van der Waals surface area contributed by atoms with E-state index in [1.807, 2.05) is 0 Å². The number of aromatic amines is 1. The first kappa shape index (κ1) is 10.1. The average Bonchev–Trinajstić information content (AvgIpc) is 2.07. The third kappa shape index (κ3) is 15.7. The van der Waals surface area contributed by atoms with E-state index >= 15 is 0 Å². The van der Waals surface area contributed by atoms with Crippen molar-refractivity contribution in [3.63, 3.8) is 0 Å². The van der Waals surface area contributed by atoms with Crippen molar-refractivity contribution in [1.29, 1.82) is 0 Å². The number of nitrogens with zero attached hydrogens (tertiary/aromatic N) is 2. The molecule has 3 N–H and O–H groups in total. The molecule has 0 saturated heterocycles. The zero-order valence-electron chi connectivity index (χ0n) is 4.75. The first-order chi connectivity index (χ1) is 4.50. The highest BCUT2D eigenvalue weighted by atomic mass is 32.9. The summed E-state index contributed by atoms with van der Waals surface area (Å²) in [4.78, 5) is 15.7. The predicted molar refractivity (Wildman–Crippen MR) is 44.1 cm³/mol. The molecule has 0 aliphatic carbocycles. The highest BCUT2D eigenvalue weighted by molar-refractivity contribution is 8.59. The molecular weight excluding hydrogens is 193 g/mol. The van der Waals surface area contributed by atoms with Crippen molar-refractivity contribution >= 4 is 29.7 Å². The minimum absolute atomic E-state index is 1.58. The van der Waals surface area contributed by atoms with Crippen LogP contribution >= 0.6 is 17.9 Å². The fourth-order valence-electron chi connectivity index (χ4n) is 0.167. The van der Waals surface area contributed by atoms with Crippen LogP contribution in [0.15, 0.2) is 12.4 Å². The third-order valence-electron chi connectivity index (χ3n) is 0.331. The van der Waals surface area contributed by atoms with Crippen LogP contribution in [-0.2, 0) is 11.8 Å². The second-order valence-electron chi connectivity index (χ2n) is 1.17. The fourth-order valence-corrected chi connectivity index (χ4v) is 0.167. The zero-order chi connectivity index (χ0) is 8.04. The second-order valence-corrected chi connectivity index (χ2v) is 6.21.